The van der Waals surface area contributed by atoms with Gasteiger partial charge in [0.2, 0.25) is 0 Å². The molecule has 1 N–H and O–H groups in total. The van der Waals surface area contributed by atoms with Crippen LogP contribution in [-0.2, 0) is 0 Å². The van der Waals surface area contributed by atoms with Crippen LogP contribution in [0, 0.1) is 29.1 Å². The number of rotatable bonds is 5. The number of hydrogen-bond acceptors (Lipinski definition) is 1. The molecule has 3 aliphatic carbocycles. The Labute approximate surface area is 126 Å². The van der Waals surface area contributed by atoms with Crippen molar-refractivity contribution in [1.82, 2.24) is 5.32 Å². The van der Waals surface area contributed by atoms with Gasteiger partial charge in [-0.2, -0.15) is 0 Å². The van der Waals surface area contributed by atoms with Crippen LogP contribution in [0.4, 0.5) is 0 Å². The molecule has 3 saturated carbocycles. The van der Waals surface area contributed by atoms with E-state index in [0.29, 0.717) is 5.41 Å². The molecule has 3 fully saturated rings. The minimum absolute atomic E-state index is 0.558. The van der Waals surface area contributed by atoms with Crippen LogP contribution in [0.3, 0.4) is 0 Å². The van der Waals surface area contributed by atoms with Gasteiger partial charge in [-0.25, -0.2) is 0 Å². The fourth-order valence-corrected chi connectivity index (χ4v) is 5.91. The second kappa shape index (κ2) is 5.99. The van der Waals surface area contributed by atoms with Gasteiger partial charge in [0.1, 0.15) is 0 Å². The quantitative estimate of drug-likeness (QED) is 0.745. The molecule has 0 aliphatic heterocycles. The Morgan fingerprint density at radius 1 is 1.10 bits per heavy atom. The van der Waals surface area contributed by atoms with E-state index in [9.17, 15) is 0 Å². The summed E-state index contributed by atoms with van der Waals surface area (Å²) in [6.07, 6.45) is 13.5. The monoisotopic (exact) mass is 277 g/mol. The van der Waals surface area contributed by atoms with Crippen molar-refractivity contribution in [1.29, 1.82) is 0 Å². The molecule has 5 atom stereocenters. The van der Waals surface area contributed by atoms with Crippen LogP contribution in [0.25, 0.3) is 0 Å². The van der Waals surface area contributed by atoms with Gasteiger partial charge in [-0.05, 0) is 74.2 Å². The molecule has 0 aromatic heterocycles. The summed E-state index contributed by atoms with van der Waals surface area (Å²) < 4.78 is 0. The van der Waals surface area contributed by atoms with E-state index in [1.165, 1.54) is 32.1 Å². The highest BCUT2D eigenvalue weighted by atomic mass is 14.9. The van der Waals surface area contributed by atoms with Gasteiger partial charge in [0.15, 0.2) is 0 Å². The molecule has 1 heteroatoms. The Bertz CT molecular complexity index is 322. The van der Waals surface area contributed by atoms with Gasteiger partial charge in [-0.3, -0.25) is 0 Å². The molecule has 0 radical (unpaired) electrons. The zero-order valence-corrected chi connectivity index (χ0v) is 14.0. The Morgan fingerprint density at radius 3 is 2.55 bits per heavy atom. The fraction of sp³-hybridized carbons (Fsp3) is 1.00. The van der Waals surface area contributed by atoms with E-state index < -0.39 is 0 Å². The van der Waals surface area contributed by atoms with Crippen LogP contribution in [0.2, 0.25) is 0 Å². The molecular weight excluding hydrogens is 242 g/mol. The van der Waals surface area contributed by atoms with Gasteiger partial charge in [0.05, 0.1) is 0 Å². The largest absolute Gasteiger partial charge is 0.314 e. The van der Waals surface area contributed by atoms with Crippen molar-refractivity contribution in [3.05, 3.63) is 0 Å². The summed E-state index contributed by atoms with van der Waals surface area (Å²) in [4.78, 5) is 0. The Hall–Kier alpha value is -0.0400. The Balaban J connectivity index is 1.65. The predicted molar refractivity (Wildman–Crippen MR) is 86.8 cm³/mol. The third-order valence-electron chi connectivity index (χ3n) is 6.98. The van der Waals surface area contributed by atoms with Crippen LogP contribution in [-0.4, -0.2) is 12.6 Å². The normalized spacial score (nSPS) is 41.0. The molecule has 5 unspecified atom stereocenters. The SMILES string of the molecule is CCNC(CC1CC2CCC1C2)C1CCCCC1(C)C. The summed E-state index contributed by atoms with van der Waals surface area (Å²) >= 11 is 0. The highest BCUT2D eigenvalue weighted by molar-refractivity contribution is 4.96. The highest BCUT2D eigenvalue weighted by Crippen LogP contribution is 2.51. The summed E-state index contributed by atoms with van der Waals surface area (Å²) in [5.74, 6) is 4.16. The first-order chi connectivity index (χ1) is 9.60. The third-order valence-corrected chi connectivity index (χ3v) is 6.98. The van der Waals surface area contributed by atoms with Gasteiger partial charge in [-0.1, -0.05) is 40.0 Å². The molecule has 0 saturated heterocycles. The van der Waals surface area contributed by atoms with Crippen molar-refractivity contribution in [2.24, 2.45) is 29.1 Å². The molecule has 20 heavy (non-hydrogen) atoms. The Morgan fingerprint density at radius 2 is 1.95 bits per heavy atom. The maximum Gasteiger partial charge on any atom is 0.0103 e. The maximum atomic E-state index is 3.89. The van der Waals surface area contributed by atoms with Gasteiger partial charge < -0.3 is 5.32 Å². The molecule has 0 amide bonds. The van der Waals surface area contributed by atoms with Crippen LogP contribution in [0.15, 0.2) is 0 Å². The van der Waals surface area contributed by atoms with E-state index >= 15 is 0 Å². The minimum atomic E-state index is 0.558. The van der Waals surface area contributed by atoms with Crippen LogP contribution in [0.5, 0.6) is 0 Å². The van der Waals surface area contributed by atoms with Crippen molar-refractivity contribution >= 4 is 0 Å². The lowest BCUT2D eigenvalue weighted by Gasteiger charge is -2.45. The fourth-order valence-electron chi connectivity index (χ4n) is 5.91. The molecule has 3 rings (SSSR count). The van der Waals surface area contributed by atoms with Crippen molar-refractivity contribution in [3.63, 3.8) is 0 Å². The molecule has 2 bridgehead atoms. The van der Waals surface area contributed by atoms with E-state index in [4.69, 9.17) is 0 Å². The third kappa shape index (κ3) is 2.93. The second-order valence-corrected chi connectivity index (χ2v) is 8.68. The molecular formula is C19H35N. The first kappa shape index (κ1) is 14.9. The number of fused-ring (bicyclic) bond motifs is 2. The lowest BCUT2D eigenvalue weighted by Crippen LogP contribution is -2.46. The van der Waals surface area contributed by atoms with E-state index in [-0.39, 0.29) is 0 Å². The number of nitrogens with one attached hydrogen (secondary N) is 1. The van der Waals surface area contributed by atoms with Crippen molar-refractivity contribution in [2.45, 2.75) is 84.6 Å². The topological polar surface area (TPSA) is 12.0 Å². The summed E-state index contributed by atoms with van der Waals surface area (Å²) in [6.45, 7) is 8.51. The van der Waals surface area contributed by atoms with E-state index in [1.54, 1.807) is 25.7 Å². The smallest absolute Gasteiger partial charge is 0.0103 e. The number of hydrogen-bond donors (Lipinski definition) is 1. The average Bonchev–Trinajstić information content (AvgIpc) is 3.00. The van der Waals surface area contributed by atoms with Crippen molar-refractivity contribution in [3.8, 4) is 0 Å². The van der Waals surface area contributed by atoms with E-state index in [1.807, 2.05) is 0 Å². The van der Waals surface area contributed by atoms with Gasteiger partial charge in [0.25, 0.3) is 0 Å². The van der Waals surface area contributed by atoms with Gasteiger partial charge in [0, 0.05) is 6.04 Å². The van der Waals surface area contributed by atoms with Crippen molar-refractivity contribution < 1.29 is 0 Å². The van der Waals surface area contributed by atoms with Gasteiger partial charge in [-0.15, -0.1) is 0 Å². The zero-order valence-electron chi connectivity index (χ0n) is 14.0. The summed E-state index contributed by atoms with van der Waals surface area (Å²) in [6, 6.07) is 0.791. The lowest BCUT2D eigenvalue weighted by atomic mass is 9.64. The standard InChI is InChI=1S/C19H35N/c1-4-20-18(17-7-5-6-10-19(17,2)3)13-16-12-14-8-9-15(16)11-14/h14-18,20H,4-13H2,1-3H3. The van der Waals surface area contributed by atoms with Gasteiger partial charge >= 0.3 is 0 Å². The molecule has 0 aromatic carbocycles. The summed E-state index contributed by atoms with van der Waals surface area (Å²) in [5.41, 5.74) is 0.558. The summed E-state index contributed by atoms with van der Waals surface area (Å²) in [7, 11) is 0. The van der Waals surface area contributed by atoms with E-state index in [2.05, 4.69) is 26.1 Å². The molecule has 116 valence electrons. The second-order valence-electron chi connectivity index (χ2n) is 8.68. The average molecular weight is 277 g/mol. The van der Waals surface area contributed by atoms with Crippen LogP contribution in [0.1, 0.15) is 78.6 Å². The van der Waals surface area contributed by atoms with Crippen LogP contribution >= 0.6 is 0 Å². The molecule has 3 aliphatic rings. The van der Waals surface area contributed by atoms with Crippen LogP contribution < -0.4 is 5.32 Å². The highest BCUT2D eigenvalue weighted by Gasteiger charge is 2.43. The lowest BCUT2D eigenvalue weighted by molar-refractivity contribution is 0.0826. The zero-order chi connectivity index (χ0) is 14.2. The maximum absolute atomic E-state index is 3.89. The molecule has 0 spiro atoms. The molecule has 1 nitrogen and oxygen atoms in total. The van der Waals surface area contributed by atoms with Crippen molar-refractivity contribution in [2.75, 3.05) is 6.54 Å². The minimum Gasteiger partial charge on any atom is -0.314 e. The van der Waals surface area contributed by atoms with E-state index in [0.717, 1.165) is 36.3 Å². The Kier molecular flexibility index (Phi) is 4.45. The summed E-state index contributed by atoms with van der Waals surface area (Å²) in [5, 5.41) is 3.89. The predicted octanol–water partition coefficient (Wildman–Crippen LogP) is 5.01. The first-order valence-electron chi connectivity index (χ1n) is 9.33. The molecule has 0 heterocycles. The molecule has 0 aromatic rings. The first-order valence-corrected chi connectivity index (χ1v) is 9.33.